The molecule has 0 bridgehead atoms. The first-order chi connectivity index (χ1) is 9.37. The van der Waals surface area contributed by atoms with Gasteiger partial charge in [-0.1, -0.05) is 11.6 Å². The van der Waals surface area contributed by atoms with Crippen molar-refractivity contribution in [2.24, 2.45) is 0 Å². The van der Waals surface area contributed by atoms with Crippen LogP contribution in [-0.2, 0) is 10.0 Å². The van der Waals surface area contributed by atoms with E-state index in [0.717, 1.165) is 0 Å². The minimum Gasteiger partial charge on any atom is -0.494 e. The molecular weight excluding hydrogens is 368 g/mol. The summed E-state index contributed by atoms with van der Waals surface area (Å²) < 4.78 is 32.9. The monoisotopic (exact) mass is 382 g/mol. The van der Waals surface area contributed by atoms with Crippen LogP contribution >= 0.6 is 27.5 Å². The van der Waals surface area contributed by atoms with Gasteiger partial charge in [-0.15, -0.1) is 0 Å². The standard InChI is InChI=1S/C12H16BrClN2O3S/c1-8-7-15-3-4-16(8)20(17,18)11-6-9(14)5-10(13)12(11)19-2/h5-6,8,15H,3-4,7H2,1-2H3. The maximum atomic E-state index is 12.8. The van der Waals surface area contributed by atoms with Crippen LogP contribution in [0.4, 0.5) is 0 Å². The van der Waals surface area contributed by atoms with E-state index < -0.39 is 10.0 Å². The molecule has 2 rings (SSSR count). The number of piperazine rings is 1. The molecule has 112 valence electrons. The quantitative estimate of drug-likeness (QED) is 0.868. The van der Waals surface area contributed by atoms with E-state index in [9.17, 15) is 8.42 Å². The Morgan fingerprint density at radius 3 is 2.80 bits per heavy atom. The van der Waals surface area contributed by atoms with Crippen LogP contribution < -0.4 is 10.1 Å². The van der Waals surface area contributed by atoms with E-state index >= 15 is 0 Å². The van der Waals surface area contributed by atoms with Gasteiger partial charge in [-0.05, 0) is 35.0 Å². The second-order valence-electron chi connectivity index (χ2n) is 4.59. The van der Waals surface area contributed by atoms with E-state index in [1.807, 2.05) is 6.92 Å². The van der Waals surface area contributed by atoms with Crippen molar-refractivity contribution >= 4 is 37.6 Å². The fraction of sp³-hybridized carbons (Fsp3) is 0.500. The van der Waals surface area contributed by atoms with Gasteiger partial charge in [0.05, 0.1) is 11.6 Å². The highest BCUT2D eigenvalue weighted by Gasteiger charge is 2.34. The summed E-state index contributed by atoms with van der Waals surface area (Å²) in [6.45, 7) is 3.56. The van der Waals surface area contributed by atoms with Gasteiger partial charge in [0.25, 0.3) is 0 Å². The summed E-state index contributed by atoms with van der Waals surface area (Å²) in [6.07, 6.45) is 0. The smallest absolute Gasteiger partial charge is 0.247 e. The van der Waals surface area contributed by atoms with Crippen LogP contribution in [-0.4, -0.2) is 45.5 Å². The summed E-state index contributed by atoms with van der Waals surface area (Å²) in [4.78, 5) is 0.0909. The lowest BCUT2D eigenvalue weighted by atomic mass is 10.3. The first-order valence-electron chi connectivity index (χ1n) is 6.13. The Bertz CT molecular complexity index is 609. The summed E-state index contributed by atoms with van der Waals surface area (Å²) in [5.74, 6) is 0.278. The molecule has 8 heteroatoms. The van der Waals surface area contributed by atoms with Crippen molar-refractivity contribution in [1.82, 2.24) is 9.62 Å². The summed E-state index contributed by atoms with van der Waals surface area (Å²) in [6, 6.07) is 2.92. The fourth-order valence-corrected chi connectivity index (χ4v) is 5.24. The first-order valence-corrected chi connectivity index (χ1v) is 8.74. The minimum atomic E-state index is -3.65. The Hall–Kier alpha value is -0.340. The van der Waals surface area contributed by atoms with E-state index in [-0.39, 0.29) is 16.7 Å². The third-order valence-electron chi connectivity index (χ3n) is 3.21. The molecule has 0 spiro atoms. The lowest BCUT2D eigenvalue weighted by molar-refractivity contribution is 0.282. The summed E-state index contributed by atoms with van der Waals surface area (Å²) in [7, 11) is -2.21. The van der Waals surface area contributed by atoms with Crippen LogP contribution in [0.15, 0.2) is 21.5 Å². The molecule has 0 aliphatic carbocycles. The molecular formula is C12H16BrClN2O3S. The van der Waals surface area contributed by atoms with E-state index in [0.29, 0.717) is 29.1 Å². The first kappa shape index (κ1) is 16.0. The van der Waals surface area contributed by atoms with Crippen LogP contribution in [0, 0.1) is 0 Å². The summed E-state index contributed by atoms with van der Waals surface area (Å²) in [5, 5.41) is 3.51. The molecule has 1 aliphatic rings. The van der Waals surface area contributed by atoms with Crippen LogP contribution in [0.3, 0.4) is 0 Å². The van der Waals surface area contributed by atoms with Crippen molar-refractivity contribution in [3.8, 4) is 5.75 Å². The van der Waals surface area contributed by atoms with Gasteiger partial charge >= 0.3 is 0 Å². The number of halogens is 2. The fourth-order valence-electron chi connectivity index (χ4n) is 2.23. The molecule has 1 atom stereocenters. The van der Waals surface area contributed by atoms with Crippen LogP contribution in [0.1, 0.15) is 6.92 Å². The summed E-state index contributed by atoms with van der Waals surface area (Å²) in [5.41, 5.74) is 0. The molecule has 1 fully saturated rings. The van der Waals surface area contributed by atoms with Gasteiger partial charge in [-0.2, -0.15) is 4.31 Å². The van der Waals surface area contributed by atoms with Crippen molar-refractivity contribution in [2.45, 2.75) is 17.9 Å². The Labute approximate surface area is 132 Å². The highest BCUT2D eigenvalue weighted by Crippen LogP contribution is 2.37. The molecule has 0 radical (unpaired) electrons. The molecule has 0 saturated carbocycles. The predicted molar refractivity (Wildman–Crippen MR) is 81.9 cm³/mol. The Balaban J connectivity index is 2.54. The SMILES string of the molecule is COc1c(Br)cc(Cl)cc1S(=O)(=O)N1CCNCC1C. The van der Waals surface area contributed by atoms with E-state index in [1.165, 1.54) is 17.5 Å². The highest BCUT2D eigenvalue weighted by molar-refractivity contribution is 9.10. The molecule has 0 amide bonds. The van der Waals surface area contributed by atoms with Crippen molar-refractivity contribution in [3.05, 3.63) is 21.6 Å². The van der Waals surface area contributed by atoms with Crippen molar-refractivity contribution in [1.29, 1.82) is 0 Å². The van der Waals surface area contributed by atoms with E-state index in [2.05, 4.69) is 21.2 Å². The zero-order valence-electron chi connectivity index (χ0n) is 11.2. The molecule has 20 heavy (non-hydrogen) atoms. The topological polar surface area (TPSA) is 58.6 Å². The third kappa shape index (κ3) is 2.96. The Kier molecular flexibility index (Phi) is 4.96. The number of sulfonamides is 1. The van der Waals surface area contributed by atoms with Gasteiger partial charge < -0.3 is 10.1 Å². The van der Waals surface area contributed by atoms with Gasteiger partial charge in [-0.3, -0.25) is 0 Å². The van der Waals surface area contributed by atoms with Crippen LogP contribution in [0.5, 0.6) is 5.75 Å². The van der Waals surface area contributed by atoms with Gasteiger partial charge in [0.2, 0.25) is 10.0 Å². The van der Waals surface area contributed by atoms with Crippen molar-refractivity contribution < 1.29 is 13.2 Å². The maximum absolute atomic E-state index is 12.8. The lowest BCUT2D eigenvalue weighted by Crippen LogP contribution is -2.52. The number of hydrogen-bond donors (Lipinski definition) is 1. The van der Waals surface area contributed by atoms with E-state index in [4.69, 9.17) is 16.3 Å². The number of methoxy groups -OCH3 is 1. The van der Waals surface area contributed by atoms with Gasteiger partial charge in [0, 0.05) is 30.7 Å². The van der Waals surface area contributed by atoms with Crippen LogP contribution in [0.25, 0.3) is 0 Å². The molecule has 1 aliphatic heterocycles. The minimum absolute atomic E-state index is 0.0909. The average molecular weight is 384 g/mol. The van der Waals surface area contributed by atoms with E-state index in [1.54, 1.807) is 6.07 Å². The normalized spacial score (nSPS) is 20.9. The molecule has 1 N–H and O–H groups in total. The number of rotatable bonds is 3. The molecule has 1 aromatic carbocycles. The Morgan fingerprint density at radius 1 is 1.50 bits per heavy atom. The molecule has 0 aromatic heterocycles. The van der Waals surface area contributed by atoms with Crippen molar-refractivity contribution in [2.75, 3.05) is 26.7 Å². The van der Waals surface area contributed by atoms with Gasteiger partial charge in [0.15, 0.2) is 5.75 Å². The lowest BCUT2D eigenvalue weighted by Gasteiger charge is -2.33. The molecule has 1 heterocycles. The average Bonchev–Trinajstić information content (AvgIpc) is 2.38. The van der Waals surface area contributed by atoms with Gasteiger partial charge in [-0.25, -0.2) is 8.42 Å². The third-order valence-corrected chi connectivity index (χ3v) is 6.03. The molecule has 1 unspecified atom stereocenters. The molecule has 5 nitrogen and oxygen atoms in total. The second kappa shape index (κ2) is 6.19. The maximum Gasteiger partial charge on any atom is 0.247 e. The second-order valence-corrected chi connectivity index (χ2v) is 7.74. The number of ether oxygens (including phenoxy) is 1. The number of hydrogen-bond acceptors (Lipinski definition) is 4. The molecule has 1 saturated heterocycles. The summed E-state index contributed by atoms with van der Waals surface area (Å²) >= 11 is 9.26. The number of benzene rings is 1. The number of nitrogens with one attached hydrogen (secondary N) is 1. The van der Waals surface area contributed by atoms with Gasteiger partial charge in [0.1, 0.15) is 4.90 Å². The van der Waals surface area contributed by atoms with Crippen LogP contribution in [0.2, 0.25) is 5.02 Å². The Morgan fingerprint density at radius 2 is 2.20 bits per heavy atom. The largest absolute Gasteiger partial charge is 0.494 e. The zero-order chi connectivity index (χ0) is 14.9. The molecule has 1 aromatic rings. The predicted octanol–water partition coefficient (Wildman–Crippen LogP) is 2.09. The highest BCUT2D eigenvalue weighted by atomic mass is 79.9. The number of nitrogens with zero attached hydrogens (tertiary/aromatic N) is 1. The zero-order valence-corrected chi connectivity index (χ0v) is 14.3. The van der Waals surface area contributed by atoms with Crippen molar-refractivity contribution in [3.63, 3.8) is 0 Å².